The first-order valence-electron chi connectivity index (χ1n) is 10.5. The number of hydrogen-bond acceptors (Lipinski definition) is 10. The van der Waals surface area contributed by atoms with Crippen molar-refractivity contribution in [2.45, 2.75) is 32.4 Å². The second kappa shape index (κ2) is 8.97. The lowest BCUT2D eigenvalue weighted by Crippen LogP contribution is -2.25. The van der Waals surface area contributed by atoms with Gasteiger partial charge >= 0.3 is 0 Å². The SMILES string of the molecule is Cc1ccc(C2CCCN2c2nc(Nc3ncc(C#N)s3)c(CO)c(-c3cnco3)n2)cc1. The number of oxazole rings is 1. The third kappa shape index (κ3) is 4.16. The molecule has 0 bridgehead atoms. The van der Waals surface area contributed by atoms with E-state index >= 15 is 0 Å². The van der Waals surface area contributed by atoms with E-state index in [9.17, 15) is 5.11 Å². The number of anilines is 3. The zero-order valence-corrected chi connectivity index (χ0v) is 18.7. The molecule has 5 rings (SSSR count). The molecule has 166 valence electrons. The summed E-state index contributed by atoms with van der Waals surface area (Å²) in [6, 6.07) is 10.8. The van der Waals surface area contributed by atoms with Crippen molar-refractivity contribution in [2.24, 2.45) is 0 Å². The highest BCUT2D eigenvalue weighted by Gasteiger charge is 2.30. The first kappa shape index (κ1) is 21.1. The van der Waals surface area contributed by atoms with Crippen molar-refractivity contribution in [1.82, 2.24) is 19.9 Å². The highest BCUT2D eigenvalue weighted by atomic mass is 32.1. The van der Waals surface area contributed by atoms with Gasteiger partial charge in [0.25, 0.3) is 0 Å². The molecule has 1 aliphatic rings. The van der Waals surface area contributed by atoms with Gasteiger partial charge in [0.2, 0.25) is 5.95 Å². The minimum atomic E-state index is -0.309. The number of benzene rings is 1. The molecule has 1 aromatic carbocycles. The van der Waals surface area contributed by atoms with Crippen molar-refractivity contribution < 1.29 is 9.52 Å². The van der Waals surface area contributed by atoms with E-state index in [2.05, 4.69) is 57.4 Å². The molecule has 1 atom stereocenters. The maximum absolute atomic E-state index is 10.2. The third-order valence-electron chi connectivity index (χ3n) is 5.63. The molecule has 1 unspecified atom stereocenters. The first-order chi connectivity index (χ1) is 16.2. The average Bonchev–Trinajstić information content (AvgIpc) is 3.61. The number of rotatable bonds is 6. The van der Waals surface area contributed by atoms with Crippen LogP contribution in [0.5, 0.6) is 0 Å². The highest BCUT2D eigenvalue weighted by Crippen LogP contribution is 2.38. The summed E-state index contributed by atoms with van der Waals surface area (Å²) in [6.45, 7) is 2.57. The fourth-order valence-electron chi connectivity index (χ4n) is 4.02. The van der Waals surface area contributed by atoms with E-state index in [1.54, 1.807) is 6.20 Å². The van der Waals surface area contributed by atoms with E-state index < -0.39 is 0 Å². The molecule has 3 aromatic heterocycles. The van der Waals surface area contributed by atoms with Crippen molar-refractivity contribution >= 4 is 28.2 Å². The monoisotopic (exact) mass is 459 g/mol. The topological polar surface area (TPSA) is 124 Å². The van der Waals surface area contributed by atoms with Gasteiger partial charge in [-0.3, -0.25) is 0 Å². The molecule has 0 amide bonds. The Morgan fingerprint density at radius 3 is 2.82 bits per heavy atom. The van der Waals surface area contributed by atoms with Crippen molar-refractivity contribution in [3.8, 4) is 17.5 Å². The molecule has 33 heavy (non-hydrogen) atoms. The molecule has 0 radical (unpaired) electrons. The molecule has 1 saturated heterocycles. The van der Waals surface area contributed by atoms with Gasteiger partial charge in [0.15, 0.2) is 17.3 Å². The van der Waals surface area contributed by atoms with Gasteiger partial charge in [-0.1, -0.05) is 41.2 Å². The highest BCUT2D eigenvalue weighted by molar-refractivity contribution is 7.16. The Labute approximate surface area is 194 Å². The molecular formula is C23H21N7O2S. The predicted octanol–water partition coefficient (Wildman–Crippen LogP) is 4.35. The maximum Gasteiger partial charge on any atom is 0.228 e. The lowest BCUT2D eigenvalue weighted by molar-refractivity contribution is 0.282. The predicted molar refractivity (Wildman–Crippen MR) is 124 cm³/mol. The Bertz CT molecular complexity index is 1300. The van der Waals surface area contributed by atoms with Crippen molar-refractivity contribution in [1.29, 1.82) is 5.26 Å². The Balaban J connectivity index is 1.60. The Morgan fingerprint density at radius 1 is 1.27 bits per heavy atom. The Morgan fingerprint density at radius 2 is 2.12 bits per heavy atom. The van der Waals surface area contributed by atoms with Crippen LogP contribution in [0, 0.1) is 18.3 Å². The maximum atomic E-state index is 10.2. The second-order valence-electron chi connectivity index (χ2n) is 7.75. The molecule has 9 nitrogen and oxygen atoms in total. The summed E-state index contributed by atoms with van der Waals surface area (Å²) in [5, 5.41) is 23.0. The summed E-state index contributed by atoms with van der Waals surface area (Å²) in [4.78, 5) is 20.5. The molecule has 4 heterocycles. The van der Waals surface area contributed by atoms with Crippen molar-refractivity contribution in [3.05, 3.63) is 64.6 Å². The number of thiazole rings is 1. The van der Waals surface area contributed by atoms with Gasteiger partial charge < -0.3 is 19.7 Å². The summed E-state index contributed by atoms with van der Waals surface area (Å²) in [6.07, 6.45) is 6.40. The summed E-state index contributed by atoms with van der Waals surface area (Å²) < 4.78 is 5.52. The number of hydrogen-bond donors (Lipinski definition) is 2. The van der Waals surface area contributed by atoms with Crippen molar-refractivity contribution in [2.75, 3.05) is 16.8 Å². The van der Waals surface area contributed by atoms with Crippen LogP contribution in [0.2, 0.25) is 0 Å². The fourth-order valence-corrected chi connectivity index (χ4v) is 4.63. The number of nitriles is 1. The minimum absolute atomic E-state index is 0.144. The van der Waals surface area contributed by atoms with E-state index in [0.29, 0.717) is 38.8 Å². The van der Waals surface area contributed by atoms with E-state index in [0.717, 1.165) is 19.4 Å². The summed E-state index contributed by atoms with van der Waals surface area (Å²) in [5.41, 5.74) is 3.36. The van der Waals surface area contributed by atoms with Gasteiger partial charge in [-0.15, -0.1) is 0 Å². The van der Waals surface area contributed by atoms with E-state index in [4.69, 9.17) is 19.6 Å². The summed E-state index contributed by atoms with van der Waals surface area (Å²) >= 11 is 1.21. The van der Waals surface area contributed by atoms with Gasteiger partial charge in [-0.25, -0.2) is 15.0 Å². The Hall–Kier alpha value is -3.81. The number of aliphatic hydroxyl groups is 1. The zero-order chi connectivity index (χ0) is 22.8. The molecular weight excluding hydrogens is 438 g/mol. The lowest BCUT2D eigenvalue weighted by Gasteiger charge is -2.26. The van der Waals surface area contributed by atoms with Crippen LogP contribution in [0.15, 0.2) is 47.5 Å². The van der Waals surface area contributed by atoms with E-state index in [1.165, 1.54) is 35.1 Å². The number of aliphatic hydroxyl groups excluding tert-OH is 1. The zero-order valence-electron chi connectivity index (χ0n) is 17.9. The van der Waals surface area contributed by atoms with Crippen LogP contribution in [-0.2, 0) is 6.61 Å². The largest absolute Gasteiger partial charge is 0.442 e. The third-order valence-corrected chi connectivity index (χ3v) is 6.45. The van der Waals surface area contributed by atoms with Crippen LogP contribution in [0.4, 0.5) is 16.9 Å². The van der Waals surface area contributed by atoms with Crippen molar-refractivity contribution in [3.63, 3.8) is 0 Å². The van der Waals surface area contributed by atoms with Gasteiger partial charge in [0.1, 0.15) is 22.5 Å². The molecule has 1 aliphatic heterocycles. The van der Waals surface area contributed by atoms with Crippen LogP contribution in [0.25, 0.3) is 11.5 Å². The van der Waals surface area contributed by atoms with Crippen LogP contribution in [0.1, 0.15) is 40.5 Å². The fraction of sp³-hybridized carbons (Fsp3) is 0.261. The molecule has 1 fully saturated rings. The smallest absolute Gasteiger partial charge is 0.228 e. The van der Waals surface area contributed by atoms with E-state index in [-0.39, 0.29) is 12.6 Å². The number of aryl methyl sites for hydroxylation is 1. The normalized spacial score (nSPS) is 15.5. The molecule has 0 aliphatic carbocycles. The van der Waals surface area contributed by atoms with Gasteiger partial charge in [-0.05, 0) is 25.3 Å². The molecule has 0 saturated carbocycles. The van der Waals surface area contributed by atoms with Crippen LogP contribution in [-0.4, -0.2) is 31.6 Å². The van der Waals surface area contributed by atoms with Crippen LogP contribution >= 0.6 is 11.3 Å². The molecule has 4 aromatic rings. The summed E-state index contributed by atoms with van der Waals surface area (Å²) in [5.74, 6) is 1.39. The van der Waals surface area contributed by atoms with E-state index in [1.807, 2.05) is 0 Å². The number of aromatic nitrogens is 4. The second-order valence-corrected chi connectivity index (χ2v) is 8.78. The molecule has 10 heteroatoms. The van der Waals surface area contributed by atoms with Gasteiger partial charge in [0.05, 0.1) is 30.6 Å². The molecule has 2 N–H and O–H groups in total. The Kier molecular flexibility index (Phi) is 5.73. The van der Waals surface area contributed by atoms with Crippen LogP contribution < -0.4 is 10.2 Å². The standard InChI is InChI=1S/C23H21N7O2S/c1-14-4-6-15(7-5-14)18-3-2-8-30(18)22-27-20(19-11-25-13-32-19)17(12-31)21(28-22)29-23-26-10-16(9-24)33-23/h4-7,10-11,13,18,31H,2-3,8,12H2,1H3,(H,26,27,28,29). The quantitative estimate of drug-likeness (QED) is 0.433. The first-order valence-corrected chi connectivity index (χ1v) is 11.3. The molecule has 0 spiro atoms. The van der Waals surface area contributed by atoms with Gasteiger partial charge in [0, 0.05) is 6.54 Å². The van der Waals surface area contributed by atoms with Gasteiger partial charge in [-0.2, -0.15) is 10.2 Å². The van der Waals surface area contributed by atoms with Crippen LogP contribution in [0.3, 0.4) is 0 Å². The number of nitrogens with one attached hydrogen (secondary N) is 1. The summed E-state index contributed by atoms with van der Waals surface area (Å²) in [7, 11) is 0. The minimum Gasteiger partial charge on any atom is -0.442 e. The number of nitrogens with zero attached hydrogens (tertiary/aromatic N) is 6. The average molecular weight is 460 g/mol. The lowest BCUT2D eigenvalue weighted by atomic mass is 10.0.